The van der Waals surface area contributed by atoms with Gasteiger partial charge in [0.15, 0.2) is 12.0 Å². The lowest BCUT2D eigenvalue weighted by molar-refractivity contribution is -0.385. The topological polar surface area (TPSA) is 108 Å². The molecule has 1 heterocycles. The lowest BCUT2D eigenvalue weighted by atomic mass is 9.96. The van der Waals surface area contributed by atoms with Crippen LogP contribution in [0.2, 0.25) is 0 Å². The number of nitro groups is 1. The highest BCUT2D eigenvalue weighted by molar-refractivity contribution is 6.25. The molecule has 1 unspecified atom stereocenters. The molecule has 0 aliphatic carbocycles. The van der Waals surface area contributed by atoms with Crippen molar-refractivity contribution in [1.82, 2.24) is 5.32 Å². The van der Waals surface area contributed by atoms with Crippen molar-refractivity contribution in [3.05, 3.63) is 111 Å². The van der Waals surface area contributed by atoms with Gasteiger partial charge in [0.2, 0.25) is 11.5 Å². The van der Waals surface area contributed by atoms with Crippen LogP contribution in [0.4, 0.5) is 18.9 Å². The van der Waals surface area contributed by atoms with Crippen LogP contribution in [0.1, 0.15) is 33.2 Å². The van der Waals surface area contributed by atoms with E-state index in [2.05, 4.69) is 5.32 Å². The minimum atomic E-state index is -4.81. The number of rotatable bonds is 6. The smallest absolute Gasteiger partial charge is 0.416 e. The number of nitrogens with one attached hydrogen (secondary N) is 1. The van der Waals surface area contributed by atoms with Crippen LogP contribution in [0, 0.1) is 10.1 Å². The van der Waals surface area contributed by atoms with Gasteiger partial charge in [-0.25, -0.2) is 4.79 Å². The van der Waals surface area contributed by atoms with Crippen LogP contribution in [0.15, 0.2) is 78.7 Å². The number of halogens is 3. The Kier molecular flexibility index (Phi) is 6.47. The van der Waals surface area contributed by atoms with Crippen LogP contribution in [-0.4, -0.2) is 23.7 Å². The molecule has 1 aliphatic heterocycles. The van der Waals surface area contributed by atoms with E-state index < -0.39 is 40.2 Å². The van der Waals surface area contributed by atoms with Crippen LogP contribution in [-0.2, 0) is 15.7 Å². The fraction of sp³-hybridized carbons (Fsp3) is 0.120. The average molecular weight is 498 g/mol. The minimum absolute atomic E-state index is 0.0828. The summed E-state index contributed by atoms with van der Waals surface area (Å²) in [5, 5.41) is 14.1. The number of alkyl halides is 3. The van der Waals surface area contributed by atoms with Crippen LogP contribution in [0.25, 0.3) is 5.57 Å². The molecule has 0 saturated heterocycles. The SMILES string of the molecule is CNC1=C(c2cccc(C(=O)Oc3ccc(C(F)(F)F)cc3[N+](=O)[O-])c2)C(=O)C(c2ccccc2)O1. The van der Waals surface area contributed by atoms with Crippen molar-refractivity contribution in [3.8, 4) is 5.75 Å². The van der Waals surface area contributed by atoms with Crippen molar-refractivity contribution in [2.45, 2.75) is 12.3 Å². The number of hydrogen-bond acceptors (Lipinski definition) is 7. The molecule has 11 heteroatoms. The van der Waals surface area contributed by atoms with Crippen LogP contribution in [0.5, 0.6) is 5.75 Å². The maximum atomic E-state index is 13.2. The molecule has 3 aromatic carbocycles. The van der Waals surface area contributed by atoms with E-state index in [4.69, 9.17) is 9.47 Å². The molecule has 1 N–H and O–H groups in total. The van der Waals surface area contributed by atoms with Crippen LogP contribution < -0.4 is 10.1 Å². The first kappa shape index (κ1) is 24.5. The zero-order valence-corrected chi connectivity index (χ0v) is 18.5. The molecule has 0 amide bonds. The Labute approximate surface area is 202 Å². The van der Waals surface area contributed by atoms with Gasteiger partial charge < -0.3 is 14.8 Å². The van der Waals surface area contributed by atoms with Crippen LogP contribution in [0.3, 0.4) is 0 Å². The highest BCUT2D eigenvalue weighted by Gasteiger charge is 2.37. The number of carbonyl (C=O) groups excluding carboxylic acids is 2. The standard InChI is InChI=1S/C25H17F3N2O6/c1-29-23-20(21(31)22(36-23)14-6-3-2-4-7-14)15-8-5-9-16(12-15)24(32)35-19-11-10-17(25(26,27)28)13-18(19)30(33)34/h2-13,22,29H,1H3. The van der Waals surface area contributed by atoms with E-state index in [9.17, 15) is 32.9 Å². The third-order valence-corrected chi connectivity index (χ3v) is 5.35. The third kappa shape index (κ3) is 4.76. The predicted molar refractivity (Wildman–Crippen MR) is 121 cm³/mol. The molecule has 184 valence electrons. The second-order valence-corrected chi connectivity index (χ2v) is 7.63. The maximum Gasteiger partial charge on any atom is 0.416 e. The van der Waals surface area contributed by atoms with Crippen molar-refractivity contribution in [3.63, 3.8) is 0 Å². The van der Waals surface area contributed by atoms with Gasteiger partial charge in [-0.05, 0) is 29.8 Å². The summed E-state index contributed by atoms with van der Waals surface area (Å²) in [6.07, 6.45) is -5.71. The highest BCUT2D eigenvalue weighted by Crippen LogP contribution is 2.38. The quantitative estimate of drug-likeness (QED) is 0.219. The second-order valence-electron chi connectivity index (χ2n) is 7.63. The van der Waals surface area contributed by atoms with E-state index in [0.29, 0.717) is 29.3 Å². The summed E-state index contributed by atoms with van der Waals surface area (Å²) in [5.41, 5.74) is -1.22. The van der Waals surface area contributed by atoms with Gasteiger partial charge in [0.1, 0.15) is 0 Å². The Morgan fingerprint density at radius 2 is 1.78 bits per heavy atom. The Balaban J connectivity index is 1.63. The van der Waals surface area contributed by atoms with E-state index in [-0.39, 0.29) is 22.8 Å². The van der Waals surface area contributed by atoms with Gasteiger partial charge >= 0.3 is 17.8 Å². The Bertz CT molecular complexity index is 1390. The molecule has 0 saturated carbocycles. The lowest BCUT2D eigenvalue weighted by Crippen LogP contribution is -2.12. The van der Waals surface area contributed by atoms with Crippen molar-refractivity contribution in [1.29, 1.82) is 0 Å². The van der Waals surface area contributed by atoms with Crippen molar-refractivity contribution in [2.24, 2.45) is 0 Å². The van der Waals surface area contributed by atoms with Gasteiger partial charge in [-0.2, -0.15) is 13.2 Å². The molecule has 0 aromatic heterocycles. The van der Waals surface area contributed by atoms with Gasteiger partial charge in [0.25, 0.3) is 0 Å². The number of esters is 1. The van der Waals surface area contributed by atoms with E-state index in [1.54, 1.807) is 43.4 Å². The molecule has 4 rings (SSSR count). The van der Waals surface area contributed by atoms with Gasteiger partial charge in [-0.15, -0.1) is 0 Å². The summed E-state index contributed by atoms with van der Waals surface area (Å²) in [6.45, 7) is 0. The molecular formula is C25H17F3N2O6. The predicted octanol–water partition coefficient (Wildman–Crippen LogP) is 5.06. The molecule has 8 nitrogen and oxygen atoms in total. The fourth-order valence-electron chi connectivity index (χ4n) is 3.66. The number of hydrogen-bond donors (Lipinski definition) is 1. The van der Waals surface area contributed by atoms with E-state index >= 15 is 0 Å². The number of carbonyl (C=O) groups is 2. The largest absolute Gasteiger partial charge is 0.462 e. The molecule has 0 bridgehead atoms. The summed E-state index contributed by atoms with van der Waals surface area (Å²) >= 11 is 0. The summed E-state index contributed by atoms with van der Waals surface area (Å²) in [7, 11) is 1.57. The second kappa shape index (κ2) is 9.53. The van der Waals surface area contributed by atoms with E-state index in [1.807, 2.05) is 0 Å². The fourth-order valence-corrected chi connectivity index (χ4v) is 3.66. The molecule has 1 atom stereocenters. The molecule has 1 aliphatic rings. The van der Waals surface area contributed by atoms with E-state index in [0.717, 1.165) is 0 Å². The van der Waals surface area contributed by atoms with Gasteiger partial charge in [-0.1, -0.05) is 42.5 Å². The summed E-state index contributed by atoms with van der Waals surface area (Å²) < 4.78 is 49.6. The number of Topliss-reactive ketones (excluding diaryl/α,β-unsaturated/α-hetero) is 1. The molecule has 0 fully saturated rings. The van der Waals surface area contributed by atoms with E-state index in [1.165, 1.54) is 18.2 Å². The number of ether oxygens (including phenoxy) is 2. The molecule has 0 spiro atoms. The van der Waals surface area contributed by atoms with Crippen molar-refractivity contribution < 1.29 is 37.2 Å². The first-order chi connectivity index (χ1) is 17.1. The van der Waals surface area contributed by atoms with Crippen molar-refractivity contribution >= 4 is 23.0 Å². The molecule has 36 heavy (non-hydrogen) atoms. The Hall–Kier alpha value is -4.67. The van der Waals surface area contributed by atoms with Crippen molar-refractivity contribution in [2.75, 3.05) is 7.05 Å². The van der Waals surface area contributed by atoms with Crippen LogP contribution >= 0.6 is 0 Å². The summed E-state index contributed by atoms with van der Waals surface area (Å²) in [4.78, 5) is 36.1. The Morgan fingerprint density at radius 1 is 1.06 bits per heavy atom. The number of nitro benzene ring substituents is 1. The van der Waals surface area contributed by atoms with Gasteiger partial charge in [0.05, 0.1) is 21.6 Å². The minimum Gasteiger partial charge on any atom is -0.462 e. The summed E-state index contributed by atoms with van der Waals surface area (Å²) in [6, 6.07) is 16.1. The normalized spacial score (nSPS) is 15.4. The molecule has 0 radical (unpaired) electrons. The van der Waals surface area contributed by atoms with Gasteiger partial charge in [-0.3, -0.25) is 14.9 Å². The Morgan fingerprint density at radius 3 is 2.42 bits per heavy atom. The average Bonchev–Trinajstić information content (AvgIpc) is 3.20. The third-order valence-electron chi connectivity index (χ3n) is 5.35. The number of benzene rings is 3. The molecular weight excluding hydrogens is 481 g/mol. The summed E-state index contributed by atoms with van der Waals surface area (Å²) in [5.74, 6) is -1.87. The number of nitrogens with zero attached hydrogens (tertiary/aromatic N) is 1. The monoisotopic (exact) mass is 498 g/mol. The maximum absolute atomic E-state index is 13.2. The molecule has 3 aromatic rings. The highest BCUT2D eigenvalue weighted by atomic mass is 19.4. The lowest BCUT2D eigenvalue weighted by Gasteiger charge is -2.11. The first-order valence-electron chi connectivity index (χ1n) is 10.5. The zero-order chi connectivity index (χ0) is 26.0. The van der Waals surface area contributed by atoms with Gasteiger partial charge in [0, 0.05) is 18.7 Å². The zero-order valence-electron chi connectivity index (χ0n) is 18.5. The number of ketones is 1. The first-order valence-corrected chi connectivity index (χ1v) is 10.5.